The first kappa shape index (κ1) is 24.1. The van der Waals surface area contributed by atoms with Gasteiger partial charge in [-0.2, -0.15) is 13.2 Å². The third kappa shape index (κ3) is 5.02. The predicted molar refractivity (Wildman–Crippen MR) is 130 cm³/mol. The molecule has 5 rings (SSSR count). The van der Waals surface area contributed by atoms with Gasteiger partial charge >= 0.3 is 6.18 Å². The first-order valence-corrected chi connectivity index (χ1v) is 11.8. The molecule has 188 valence electrons. The van der Waals surface area contributed by atoms with Crippen LogP contribution in [0.2, 0.25) is 0 Å². The minimum absolute atomic E-state index is 0.120. The summed E-state index contributed by atoms with van der Waals surface area (Å²) in [5, 5.41) is 6.15. The monoisotopic (exact) mass is 497 g/mol. The Kier molecular flexibility index (Phi) is 6.34. The Morgan fingerprint density at radius 3 is 2.64 bits per heavy atom. The maximum absolute atomic E-state index is 13.0. The maximum atomic E-state index is 13.0. The molecule has 2 aliphatic heterocycles. The fourth-order valence-electron chi connectivity index (χ4n) is 4.67. The number of halogens is 3. The Morgan fingerprint density at radius 1 is 1.06 bits per heavy atom. The number of pyridine rings is 1. The van der Waals surface area contributed by atoms with Crippen LogP contribution in [-0.2, 0) is 10.9 Å². The van der Waals surface area contributed by atoms with Gasteiger partial charge in [-0.15, -0.1) is 0 Å². The molecule has 6 nitrogen and oxygen atoms in total. The van der Waals surface area contributed by atoms with Crippen LogP contribution in [0.25, 0.3) is 11.1 Å². The molecular weight excluding hydrogens is 471 g/mol. The molecule has 3 heterocycles. The SMILES string of the molecule is Cc1ccc(NC(=O)c2ccnc(C(F)(F)F)c2)cc1-c1ccc2c(c1)OC1(CCN2)CCOCC1. The molecule has 2 aliphatic rings. The predicted octanol–water partition coefficient (Wildman–Crippen LogP) is 6.07. The number of ether oxygens (including phenoxy) is 2. The highest BCUT2D eigenvalue weighted by molar-refractivity contribution is 6.04. The van der Waals surface area contributed by atoms with Crippen molar-refractivity contribution >= 4 is 17.3 Å². The van der Waals surface area contributed by atoms with E-state index in [0.717, 1.165) is 66.2 Å². The van der Waals surface area contributed by atoms with E-state index < -0.39 is 17.8 Å². The van der Waals surface area contributed by atoms with Gasteiger partial charge in [0.2, 0.25) is 0 Å². The molecule has 3 aromatic rings. The van der Waals surface area contributed by atoms with Crippen LogP contribution in [0.3, 0.4) is 0 Å². The second-order valence-corrected chi connectivity index (χ2v) is 9.20. The Morgan fingerprint density at radius 2 is 1.86 bits per heavy atom. The number of fused-ring (bicyclic) bond motifs is 1. The van der Waals surface area contributed by atoms with Crippen LogP contribution >= 0.6 is 0 Å². The van der Waals surface area contributed by atoms with Crippen molar-refractivity contribution in [2.45, 2.75) is 38.0 Å². The summed E-state index contributed by atoms with van der Waals surface area (Å²) in [7, 11) is 0. The van der Waals surface area contributed by atoms with E-state index in [1.165, 1.54) is 6.07 Å². The van der Waals surface area contributed by atoms with E-state index in [4.69, 9.17) is 9.47 Å². The molecule has 36 heavy (non-hydrogen) atoms. The number of aromatic nitrogens is 1. The van der Waals surface area contributed by atoms with Crippen LogP contribution in [0.4, 0.5) is 24.5 Å². The van der Waals surface area contributed by atoms with Gasteiger partial charge in [-0.3, -0.25) is 9.78 Å². The molecule has 0 unspecified atom stereocenters. The van der Waals surface area contributed by atoms with Gasteiger partial charge in [-0.1, -0.05) is 12.1 Å². The second kappa shape index (κ2) is 9.46. The summed E-state index contributed by atoms with van der Waals surface area (Å²) < 4.78 is 51.1. The molecule has 1 amide bonds. The van der Waals surface area contributed by atoms with Gasteiger partial charge in [-0.05, 0) is 60.0 Å². The largest absolute Gasteiger partial charge is 0.485 e. The molecule has 0 saturated carbocycles. The molecule has 1 spiro atoms. The lowest BCUT2D eigenvalue weighted by molar-refractivity contribution is -0.141. The highest BCUT2D eigenvalue weighted by atomic mass is 19.4. The lowest BCUT2D eigenvalue weighted by Gasteiger charge is -2.36. The summed E-state index contributed by atoms with van der Waals surface area (Å²) in [6, 6.07) is 13.4. The van der Waals surface area contributed by atoms with Crippen molar-refractivity contribution in [2.75, 3.05) is 30.4 Å². The van der Waals surface area contributed by atoms with Gasteiger partial charge in [0.1, 0.15) is 17.0 Å². The number of hydrogen-bond acceptors (Lipinski definition) is 5. The molecule has 0 bridgehead atoms. The van der Waals surface area contributed by atoms with Crippen molar-refractivity contribution in [3.63, 3.8) is 0 Å². The molecule has 2 N–H and O–H groups in total. The van der Waals surface area contributed by atoms with Crippen LogP contribution in [0.1, 0.15) is 40.9 Å². The zero-order valence-electron chi connectivity index (χ0n) is 19.7. The standard InChI is InChI=1S/C27H26F3N3O3/c1-17-2-4-20(33-25(34)19-6-10-32-24(15-19)27(28,29)30)16-21(17)18-3-5-22-23(14-18)36-26(7-11-31-22)8-12-35-13-9-26/h2-6,10,14-16,31H,7-9,11-13H2,1H3,(H,33,34). The van der Waals surface area contributed by atoms with E-state index in [1.807, 2.05) is 37.3 Å². The Balaban J connectivity index is 1.41. The van der Waals surface area contributed by atoms with Gasteiger partial charge in [0.05, 0.1) is 18.9 Å². The van der Waals surface area contributed by atoms with Gasteiger partial charge in [-0.25, -0.2) is 0 Å². The van der Waals surface area contributed by atoms with E-state index in [1.54, 1.807) is 6.07 Å². The average Bonchev–Trinajstić information content (AvgIpc) is 3.03. The summed E-state index contributed by atoms with van der Waals surface area (Å²) in [5.74, 6) is 0.130. The average molecular weight is 498 g/mol. The molecule has 1 fully saturated rings. The molecule has 2 aromatic carbocycles. The number of nitrogens with one attached hydrogen (secondary N) is 2. The van der Waals surface area contributed by atoms with Crippen LogP contribution in [0.15, 0.2) is 54.7 Å². The summed E-state index contributed by atoms with van der Waals surface area (Å²) in [5.41, 5.74) is 2.71. The van der Waals surface area contributed by atoms with Crippen LogP contribution < -0.4 is 15.4 Å². The fourth-order valence-corrected chi connectivity index (χ4v) is 4.67. The lowest BCUT2D eigenvalue weighted by Crippen LogP contribution is -2.42. The number of anilines is 2. The quantitative estimate of drug-likeness (QED) is 0.460. The van der Waals surface area contributed by atoms with Gasteiger partial charge < -0.3 is 20.1 Å². The summed E-state index contributed by atoms with van der Waals surface area (Å²) in [6.07, 6.45) is -1.08. The minimum Gasteiger partial charge on any atom is -0.485 e. The van der Waals surface area contributed by atoms with Crippen molar-refractivity contribution in [3.05, 3.63) is 71.5 Å². The summed E-state index contributed by atoms with van der Waals surface area (Å²) >= 11 is 0. The minimum atomic E-state index is -4.63. The smallest absolute Gasteiger partial charge is 0.433 e. The molecule has 1 saturated heterocycles. The summed E-state index contributed by atoms with van der Waals surface area (Å²) in [6.45, 7) is 4.14. The number of hydrogen-bond donors (Lipinski definition) is 2. The highest BCUT2D eigenvalue weighted by Gasteiger charge is 2.37. The third-order valence-corrected chi connectivity index (χ3v) is 6.73. The van der Waals surface area contributed by atoms with E-state index in [9.17, 15) is 18.0 Å². The molecular formula is C27H26F3N3O3. The van der Waals surface area contributed by atoms with Crippen molar-refractivity contribution in [3.8, 4) is 16.9 Å². The Hall–Kier alpha value is -3.59. The molecule has 9 heteroatoms. The van der Waals surface area contributed by atoms with Gasteiger partial charge in [0.25, 0.3) is 5.91 Å². The van der Waals surface area contributed by atoms with E-state index in [-0.39, 0.29) is 11.2 Å². The Labute approximate surface area is 206 Å². The molecule has 0 aliphatic carbocycles. The molecule has 0 radical (unpaired) electrons. The number of amides is 1. The number of alkyl halides is 3. The van der Waals surface area contributed by atoms with E-state index in [0.29, 0.717) is 18.9 Å². The van der Waals surface area contributed by atoms with Crippen molar-refractivity contribution in [1.82, 2.24) is 4.98 Å². The van der Waals surface area contributed by atoms with Gasteiger partial charge in [0.15, 0.2) is 0 Å². The molecule has 0 atom stereocenters. The van der Waals surface area contributed by atoms with Gasteiger partial charge in [0, 0.05) is 43.3 Å². The number of benzene rings is 2. The van der Waals surface area contributed by atoms with Crippen LogP contribution in [-0.4, -0.2) is 36.3 Å². The fraction of sp³-hybridized carbons (Fsp3) is 0.333. The number of carbonyl (C=O) groups excluding carboxylic acids is 1. The number of rotatable bonds is 3. The summed E-state index contributed by atoms with van der Waals surface area (Å²) in [4.78, 5) is 16.0. The third-order valence-electron chi connectivity index (χ3n) is 6.73. The van der Waals surface area contributed by atoms with E-state index in [2.05, 4.69) is 15.6 Å². The molecule has 1 aromatic heterocycles. The van der Waals surface area contributed by atoms with E-state index >= 15 is 0 Å². The van der Waals surface area contributed by atoms with Crippen LogP contribution in [0.5, 0.6) is 5.75 Å². The number of nitrogens with zero attached hydrogens (tertiary/aromatic N) is 1. The van der Waals surface area contributed by atoms with Crippen molar-refractivity contribution in [1.29, 1.82) is 0 Å². The van der Waals surface area contributed by atoms with Crippen molar-refractivity contribution < 1.29 is 27.4 Å². The zero-order chi connectivity index (χ0) is 25.3. The normalized spacial score (nSPS) is 16.9. The Bertz CT molecular complexity index is 1290. The zero-order valence-corrected chi connectivity index (χ0v) is 19.7. The lowest BCUT2D eigenvalue weighted by atomic mass is 9.90. The van der Waals surface area contributed by atoms with Crippen LogP contribution in [0, 0.1) is 6.92 Å². The highest BCUT2D eigenvalue weighted by Crippen LogP contribution is 2.40. The number of carbonyl (C=O) groups is 1. The first-order valence-electron chi connectivity index (χ1n) is 11.8. The second-order valence-electron chi connectivity index (χ2n) is 9.20. The first-order chi connectivity index (χ1) is 17.2. The topological polar surface area (TPSA) is 72.5 Å². The van der Waals surface area contributed by atoms with Crippen molar-refractivity contribution in [2.24, 2.45) is 0 Å². The number of aryl methyl sites for hydroxylation is 1. The maximum Gasteiger partial charge on any atom is 0.433 e.